The minimum Gasteiger partial charge on any atom is -0.455 e. The lowest BCUT2D eigenvalue weighted by Crippen LogP contribution is -2.15. The van der Waals surface area contributed by atoms with Gasteiger partial charge < -0.3 is 18.6 Å². The fourth-order valence-electron chi connectivity index (χ4n) is 11.5. The monoisotopic (exact) mass is 1040 g/mol. The normalized spacial score (nSPS) is 12.1. The van der Waals surface area contributed by atoms with Gasteiger partial charge in [0, 0.05) is 55.8 Å². The van der Waals surface area contributed by atoms with Crippen LogP contribution in [0.25, 0.3) is 77.6 Å². The number of benzene rings is 10. The maximum Gasteiger partial charge on any atom is 0.145 e. The zero-order chi connectivity index (χ0) is 55.5. The van der Waals surface area contributed by atoms with Gasteiger partial charge in [-0.3, -0.25) is 0 Å². The Hall–Kier alpha value is -8.86. The van der Waals surface area contributed by atoms with Crippen molar-refractivity contribution in [2.45, 2.75) is 91.9 Å². The molecule has 0 aliphatic rings. The summed E-state index contributed by atoms with van der Waals surface area (Å²) in [5, 5.41) is 3.84. The molecule has 0 fully saturated rings. The Morgan fingerprint density at radius 2 is 0.600 bits per heavy atom. The average Bonchev–Trinajstić information content (AvgIpc) is 4.22. The van der Waals surface area contributed by atoms with Gasteiger partial charge in [-0.25, -0.2) is 0 Å². The first-order valence-electron chi connectivity index (χ1n) is 28.4. The van der Waals surface area contributed by atoms with E-state index in [1.165, 1.54) is 22.3 Å². The van der Waals surface area contributed by atoms with Gasteiger partial charge in [0.25, 0.3) is 0 Å². The van der Waals surface area contributed by atoms with E-state index in [9.17, 15) is 0 Å². The Bertz CT molecular complexity index is 3850. The molecule has 4 heteroatoms. The van der Waals surface area contributed by atoms with E-state index in [0.717, 1.165) is 112 Å². The summed E-state index contributed by atoms with van der Waals surface area (Å²) >= 11 is 0. The van der Waals surface area contributed by atoms with Crippen LogP contribution in [0.15, 0.2) is 239 Å². The minimum atomic E-state index is -0.0536. The maximum absolute atomic E-state index is 7.74. The number of nitrogens with zero attached hydrogens (tertiary/aromatic N) is 2. The van der Waals surface area contributed by atoms with Crippen LogP contribution in [0, 0.1) is 0 Å². The van der Waals surface area contributed by atoms with Gasteiger partial charge >= 0.3 is 0 Å². The number of rotatable bonds is 12. The van der Waals surface area contributed by atoms with E-state index in [-0.39, 0.29) is 10.8 Å². The molecule has 0 saturated carbocycles. The predicted molar refractivity (Wildman–Crippen MR) is 340 cm³/mol. The molecule has 0 aliphatic heterocycles. The van der Waals surface area contributed by atoms with Crippen molar-refractivity contribution < 1.29 is 8.83 Å². The first-order valence-corrected chi connectivity index (χ1v) is 28.4. The molecule has 80 heavy (non-hydrogen) atoms. The van der Waals surface area contributed by atoms with Crippen LogP contribution in [0.4, 0.5) is 34.1 Å². The molecular formula is C76H70N2O2. The molecule has 0 bridgehead atoms. The maximum atomic E-state index is 7.74. The molecule has 2 aromatic heterocycles. The molecule has 2 heterocycles. The van der Waals surface area contributed by atoms with Gasteiger partial charge in [-0.1, -0.05) is 239 Å². The van der Waals surface area contributed by atoms with Crippen LogP contribution in [0.5, 0.6) is 0 Å². The fraction of sp³-hybridized carbons (Fsp3) is 0.184. The summed E-state index contributed by atoms with van der Waals surface area (Å²) in [5.41, 5.74) is 18.7. The van der Waals surface area contributed by atoms with Gasteiger partial charge in [-0.2, -0.15) is 0 Å². The van der Waals surface area contributed by atoms with Crippen LogP contribution in [-0.4, -0.2) is 0 Å². The highest BCUT2D eigenvalue weighted by Crippen LogP contribution is 2.57. The molecule has 4 nitrogen and oxygen atoms in total. The molecule has 0 unspecified atom stereocenters. The van der Waals surface area contributed by atoms with E-state index in [0.29, 0.717) is 11.8 Å². The van der Waals surface area contributed by atoms with Crippen LogP contribution >= 0.6 is 0 Å². The van der Waals surface area contributed by atoms with Crippen LogP contribution in [-0.2, 0) is 10.8 Å². The highest BCUT2D eigenvalue weighted by molar-refractivity contribution is 6.30. The summed E-state index contributed by atoms with van der Waals surface area (Å²) in [4.78, 5) is 4.91. The summed E-state index contributed by atoms with van der Waals surface area (Å²) in [6.07, 6.45) is 0. The highest BCUT2D eigenvalue weighted by atomic mass is 16.3. The molecule has 0 aliphatic carbocycles. The van der Waals surface area contributed by atoms with Crippen molar-refractivity contribution in [3.8, 4) is 44.9 Å². The molecule has 0 amide bonds. The van der Waals surface area contributed by atoms with E-state index < -0.39 is 0 Å². The van der Waals surface area contributed by atoms with Gasteiger partial charge in [-0.05, 0) is 117 Å². The third-order valence-corrected chi connectivity index (χ3v) is 16.0. The summed E-state index contributed by atoms with van der Waals surface area (Å²) in [6.45, 7) is 22.7. The third-order valence-electron chi connectivity index (χ3n) is 16.0. The molecule has 10 aromatic carbocycles. The summed E-state index contributed by atoms with van der Waals surface area (Å²) in [6, 6.07) is 84.2. The quantitative estimate of drug-likeness (QED) is 0.122. The van der Waals surface area contributed by atoms with Crippen molar-refractivity contribution in [1.82, 2.24) is 0 Å². The van der Waals surface area contributed by atoms with Crippen molar-refractivity contribution >= 4 is 66.8 Å². The molecule has 0 spiro atoms. The number of fused-ring (bicyclic) bond motifs is 5. The SMILES string of the molecule is CC(C)c1ccc(N(c2ccc(C(C)(C)C)cc2)c2cc3c(-c4ccccc4)c(-c4ccccc4)oc3c3c(N(c4ccc(C(C)C)cc4)c4ccc(C(C)(C)C)cc4)cc4c(-c5ccccc5)c(-c5ccccc5)oc4c23)cc1. The van der Waals surface area contributed by atoms with E-state index in [2.05, 4.69) is 310 Å². The lowest BCUT2D eigenvalue weighted by Gasteiger charge is -2.31. The average molecular weight is 1040 g/mol. The Kier molecular flexibility index (Phi) is 13.4. The molecule has 0 saturated heterocycles. The Labute approximate surface area is 472 Å². The van der Waals surface area contributed by atoms with Crippen LogP contribution in [0.2, 0.25) is 0 Å². The van der Waals surface area contributed by atoms with Gasteiger partial charge in [-0.15, -0.1) is 0 Å². The third kappa shape index (κ3) is 9.57. The van der Waals surface area contributed by atoms with Crippen LogP contribution in [0.1, 0.15) is 103 Å². The molecule has 396 valence electrons. The van der Waals surface area contributed by atoms with E-state index in [4.69, 9.17) is 8.83 Å². The van der Waals surface area contributed by atoms with Gasteiger partial charge in [0.15, 0.2) is 0 Å². The first kappa shape index (κ1) is 51.9. The van der Waals surface area contributed by atoms with E-state index in [1.54, 1.807) is 0 Å². The lowest BCUT2D eigenvalue weighted by atomic mass is 9.87. The summed E-state index contributed by atoms with van der Waals surface area (Å²) in [5.74, 6) is 2.31. The van der Waals surface area contributed by atoms with Crippen molar-refractivity contribution in [3.63, 3.8) is 0 Å². The Balaban J connectivity index is 1.35. The zero-order valence-corrected chi connectivity index (χ0v) is 47.8. The number of furan rings is 2. The molecule has 0 radical (unpaired) electrons. The van der Waals surface area contributed by atoms with E-state index in [1.807, 2.05) is 0 Å². The second-order valence-corrected chi connectivity index (χ2v) is 24.1. The second-order valence-electron chi connectivity index (χ2n) is 24.1. The summed E-state index contributed by atoms with van der Waals surface area (Å²) < 4.78 is 15.5. The number of hydrogen-bond donors (Lipinski definition) is 0. The van der Waals surface area contributed by atoms with Crippen molar-refractivity contribution in [2.24, 2.45) is 0 Å². The van der Waals surface area contributed by atoms with Gasteiger partial charge in [0.1, 0.15) is 22.7 Å². The van der Waals surface area contributed by atoms with Crippen LogP contribution < -0.4 is 9.80 Å². The largest absolute Gasteiger partial charge is 0.455 e. The molecule has 0 atom stereocenters. The fourth-order valence-corrected chi connectivity index (χ4v) is 11.5. The molecule has 12 aromatic rings. The Morgan fingerprint density at radius 3 is 0.875 bits per heavy atom. The lowest BCUT2D eigenvalue weighted by molar-refractivity contribution is 0.590. The van der Waals surface area contributed by atoms with Crippen molar-refractivity contribution in [1.29, 1.82) is 0 Å². The minimum absolute atomic E-state index is 0.0536. The molecular weight excluding hydrogens is 973 g/mol. The smallest absolute Gasteiger partial charge is 0.145 e. The topological polar surface area (TPSA) is 32.8 Å². The second kappa shape index (κ2) is 20.7. The standard InChI is InChI=1S/C76H70N2O2/c1-49(2)51-31-39-59(40-32-51)77(61-43-35-57(36-44-61)75(5,6)7)65-47-63-67(53-23-15-11-16-24-53)71(55-27-19-13-20-28-55)80-74(63)70-66(78(60-41-33-52(34-42-60)50(3)4)62-45-37-58(38-46-62)76(8,9)10)48-64-68(54-25-17-12-18-26-54)72(79-73(64)69(65)70)56-29-21-14-22-30-56/h11-50H,1-10H3. The van der Waals surface area contributed by atoms with Gasteiger partial charge in [0.05, 0.1) is 22.1 Å². The first-order chi connectivity index (χ1) is 38.6. The van der Waals surface area contributed by atoms with Crippen molar-refractivity contribution in [2.75, 3.05) is 9.80 Å². The Morgan fingerprint density at radius 1 is 0.325 bits per heavy atom. The highest BCUT2D eigenvalue weighted by Gasteiger charge is 2.33. The number of hydrogen-bond acceptors (Lipinski definition) is 4. The number of anilines is 6. The summed E-state index contributed by atoms with van der Waals surface area (Å²) in [7, 11) is 0. The molecule has 0 N–H and O–H groups in total. The van der Waals surface area contributed by atoms with E-state index >= 15 is 0 Å². The predicted octanol–water partition coefficient (Wildman–Crippen LogP) is 22.8. The van der Waals surface area contributed by atoms with Gasteiger partial charge in [0.2, 0.25) is 0 Å². The van der Waals surface area contributed by atoms with Crippen LogP contribution in [0.3, 0.4) is 0 Å². The molecule has 12 rings (SSSR count). The van der Waals surface area contributed by atoms with Crippen molar-refractivity contribution in [3.05, 3.63) is 253 Å². The zero-order valence-electron chi connectivity index (χ0n) is 47.8.